The van der Waals surface area contributed by atoms with E-state index in [1.807, 2.05) is 43.8 Å². The van der Waals surface area contributed by atoms with Gasteiger partial charge in [0, 0.05) is 31.5 Å². The van der Waals surface area contributed by atoms with Crippen molar-refractivity contribution in [2.45, 2.75) is 46.2 Å². The molecule has 1 fully saturated rings. The van der Waals surface area contributed by atoms with E-state index < -0.39 is 0 Å². The van der Waals surface area contributed by atoms with Crippen molar-refractivity contribution in [2.75, 3.05) is 7.05 Å². The lowest BCUT2D eigenvalue weighted by atomic mass is 10.2. The molecule has 0 unspecified atom stereocenters. The summed E-state index contributed by atoms with van der Waals surface area (Å²) in [5.41, 5.74) is 3.00. The summed E-state index contributed by atoms with van der Waals surface area (Å²) in [5, 5.41) is 7.39. The van der Waals surface area contributed by atoms with Gasteiger partial charge < -0.3 is 10.2 Å². The third-order valence-corrected chi connectivity index (χ3v) is 4.71. The molecule has 128 valence electrons. The van der Waals surface area contributed by atoms with E-state index >= 15 is 0 Å². The molecule has 1 atom stereocenters. The molecule has 1 N–H and O–H groups in total. The van der Waals surface area contributed by atoms with Gasteiger partial charge in [0.1, 0.15) is 0 Å². The van der Waals surface area contributed by atoms with Crippen LogP contribution in [-0.4, -0.2) is 38.8 Å². The maximum atomic E-state index is 12.2. The number of amides is 2. The lowest BCUT2D eigenvalue weighted by Crippen LogP contribution is -2.43. The van der Waals surface area contributed by atoms with Crippen molar-refractivity contribution in [1.82, 2.24) is 25.0 Å². The third kappa shape index (κ3) is 3.58. The molecule has 0 aromatic carbocycles. The van der Waals surface area contributed by atoms with Crippen molar-refractivity contribution in [3.05, 3.63) is 41.3 Å². The Bertz CT molecular complexity index is 718. The zero-order valence-corrected chi connectivity index (χ0v) is 14.8. The summed E-state index contributed by atoms with van der Waals surface area (Å²) in [6.45, 7) is 6.56. The second kappa shape index (κ2) is 6.63. The van der Waals surface area contributed by atoms with Crippen LogP contribution < -0.4 is 5.32 Å². The molecule has 2 heterocycles. The van der Waals surface area contributed by atoms with Crippen LogP contribution in [0.4, 0.5) is 4.79 Å². The molecule has 6 heteroatoms. The first-order valence-electron chi connectivity index (χ1n) is 8.45. The Morgan fingerprint density at radius 3 is 2.71 bits per heavy atom. The van der Waals surface area contributed by atoms with E-state index in [9.17, 15) is 4.79 Å². The maximum Gasteiger partial charge on any atom is 0.317 e. The van der Waals surface area contributed by atoms with E-state index in [-0.39, 0.29) is 6.03 Å². The van der Waals surface area contributed by atoms with Gasteiger partial charge in [0.2, 0.25) is 0 Å². The number of urea groups is 1. The number of hydrogen-bond donors (Lipinski definition) is 1. The van der Waals surface area contributed by atoms with Gasteiger partial charge in [0.15, 0.2) is 5.82 Å². The summed E-state index contributed by atoms with van der Waals surface area (Å²) >= 11 is 0. The van der Waals surface area contributed by atoms with Gasteiger partial charge in [-0.3, -0.25) is 0 Å². The molecular weight excluding hydrogens is 302 g/mol. The van der Waals surface area contributed by atoms with E-state index in [0.717, 1.165) is 22.8 Å². The van der Waals surface area contributed by atoms with Crippen molar-refractivity contribution >= 4 is 6.03 Å². The van der Waals surface area contributed by atoms with Crippen molar-refractivity contribution < 1.29 is 4.79 Å². The Hall–Kier alpha value is -2.37. The Balaban J connectivity index is 1.58. The monoisotopic (exact) mass is 327 g/mol. The van der Waals surface area contributed by atoms with Gasteiger partial charge in [0.25, 0.3) is 0 Å². The first-order chi connectivity index (χ1) is 11.5. The van der Waals surface area contributed by atoms with E-state index in [0.29, 0.717) is 18.5 Å². The van der Waals surface area contributed by atoms with Crippen LogP contribution in [-0.2, 0) is 6.54 Å². The fourth-order valence-corrected chi connectivity index (χ4v) is 2.89. The highest BCUT2D eigenvalue weighted by molar-refractivity contribution is 5.74. The number of pyridine rings is 1. The standard InChI is InChI=1S/C18H25N5O/c1-12-9-13(2)23(21-12)17-8-5-15(10-19-17)11-20-18(24)22(4)14(3)16-6-7-16/h5,8-10,14,16H,6-7,11H2,1-4H3,(H,20,24)/t14-/m1/s1. The van der Waals surface area contributed by atoms with Crippen LogP contribution in [0.5, 0.6) is 0 Å². The summed E-state index contributed by atoms with van der Waals surface area (Å²) in [6.07, 6.45) is 4.25. The Morgan fingerprint density at radius 2 is 2.17 bits per heavy atom. The van der Waals surface area contributed by atoms with E-state index in [1.165, 1.54) is 12.8 Å². The molecule has 6 nitrogen and oxygen atoms in total. The first kappa shape index (κ1) is 16.5. The number of aromatic nitrogens is 3. The molecule has 24 heavy (non-hydrogen) atoms. The lowest BCUT2D eigenvalue weighted by Gasteiger charge is -2.25. The molecule has 0 spiro atoms. The summed E-state index contributed by atoms with van der Waals surface area (Å²) < 4.78 is 1.82. The van der Waals surface area contributed by atoms with Crippen molar-refractivity contribution in [2.24, 2.45) is 5.92 Å². The molecule has 0 radical (unpaired) electrons. The second-order valence-electron chi connectivity index (χ2n) is 6.71. The molecular formula is C18H25N5O. The molecule has 0 saturated heterocycles. The fourth-order valence-electron chi connectivity index (χ4n) is 2.89. The Labute approximate surface area is 142 Å². The first-order valence-corrected chi connectivity index (χ1v) is 8.45. The van der Waals surface area contributed by atoms with Gasteiger partial charge in [-0.2, -0.15) is 5.10 Å². The zero-order chi connectivity index (χ0) is 17.3. The molecule has 1 aliphatic rings. The average Bonchev–Trinajstić information content (AvgIpc) is 3.36. The fraction of sp³-hybridized carbons (Fsp3) is 0.500. The quantitative estimate of drug-likeness (QED) is 0.918. The smallest absolute Gasteiger partial charge is 0.317 e. The number of nitrogens with one attached hydrogen (secondary N) is 1. The Kier molecular flexibility index (Phi) is 4.55. The topological polar surface area (TPSA) is 63.1 Å². The van der Waals surface area contributed by atoms with Gasteiger partial charge >= 0.3 is 6.03 Å². The number of carbonyl (C=O) groups excluding carboxylic acids is 1. The summed E-state index contributed by atoms with van der Waals surface area (Å²) in [6, 6.07) is 6.20. The van der Waals surface area contributed by atoms with E-state index in [4.69, 9.17) is 0 Å². The number of rotatable bonds is 5. The third-order valence-electron chi connectivity index (χ3n) is 4.71. The summed E-state index contributed by atoms with van der Waals surface area (Å²) in [4.78, 5) is 18.5. The number of aryl methyl sites for hydroxylation is 2. The van der Waals surface area contributed by atoms with Crippen LogP contribution in [0.25, 0.3) is 5.82 Å². The predicted octanol–water partition coefficient (Wildman–Crippen LogP) is 2.82. The van der Waals surface area contributed by atoms with Crippen molar-refractivity contribution in [1.29, 1.82) is 0 Å². The summed E-state index contributed by atoms with van der Waals surface area (Å²) in [7, 11) is 1.86. The van der Waals surface area contributed by atoms with Gasteiger partial charge in [-0.05, 0) is 57.2 Å². The zero-order valence-electron chi connectivity index (χ0n) is 14.8. The highest BCUT2D eigenvalue weighted by atomic mass is 16.2. The Morgan fingerprint density at radius 1 is 1.42 bits per heavy atom. The number of carbonyl (C=O) groups is 1. The molecule has 2 aromatic rings. The molecule has 0 bridgehead atoms. The maximum absolute atomic E-state index is 12.2. The normalized spacial score (nSPS) is 15.2. The minimum atomic E-state index is -0.0305. The van der Waals surface area contributed by atoms with Crippen LogP contribution in [0.3, 0.4) is 0 Å². The highest BCUT2D eigenvalue weighted by Crippen LogP contribution is 2.34. The highest BCUT2D eigenvalue weighted by Gasteiger charge is 2.32. The molecule has 0 aliphatic heterocycles. The average molecular weight is 327 g/mol. The predicted molar refractivity (Wildman–Crippen MR) is 93.0 cm³/mol. The minimum absolute atomic E-state index is 0.0305. The largest absolute Gasteiger partial charge is 0.334 e. The van der Waals surface area contributed by atoms with E-state index in [1.54, 1.807) is 11.1 Å². The number of hydrogen-bond acceptors (Lipinski definition) is 3. The van der Waals surface area contributed by atoms with Crippen molar-refractivity contribution in [3.8, 4) is 5.82 Å². The van der Waals surface area contributed by atoms with Gasteiger partial charge in [0.05, 0.1) is 5.69 Å². The van der Waals surface area contributed by atoms with Gasteiger partial charge in [-0.1, -0.05) is 6.07 Å². The lowest BCUT2D eigenvalue weighted by molar-refractivity contribution is 0.187. The van der Waals surface area contributed by atoms with Crippen LogP contribution in [0.15, 0.2) is 24.4 Å². The van der Waals surface area contributed by atoms with Gasteiger partial charge in [-0.25, -0.2) is 14.5 Å². The molecule has 1 aliphatic carbocycles. The minimum Gasteiger partial charge on any atom is -0.334 e. The van der Waals surface area contributed by atoms with Crippen molar-refractivity contribution in [3.63, 3.8) is 0 Å². The molecule has 2 amide bonds. The van der Waals surface area contributed by atoms with E-state index in [2.05, 4.69) is 22.3 Å². The van der Waals surface area contributed by atoms with Crippen LogP contribution in [0, 0.1) is 19.8 Å². The van der Waals surface area contributed by atoms with Crippen LogP contribution in [0.1, 0.15) is 36.7 Å². The summed E-state index contributed by atoms with van der Waals surface area (Å²) in [5.74, 6) is 1.46. The van der Waals surface area contributed by atoms with Gasteiger partial charge in [-0.15, -0.1) is 0 Å². The van der Waals surface area contributed by atoms with Crippen LogP contribution in [0.2, 0.25) is 0 Å². The van der Waals surface area contributed by atoms with Crippen LogP contribution >= 0.6 is 0 Å². The number of nitrogens with zero attached hydrogens (tertiary/aromatic N) is 4. The SMILES string of the molecule is Cc1cc(C)n(-c2ccc(CNC(=O)N(C)[C@H](C)C3CC3)cn2)n1. The molecule has 2 aromatic heterocycles. The second-order valence-corrected chi connectivity index (χ2v) is 6.71. The molecule has 1 saturated carbocycles. The molecule has 3 rings (SSSR count).